The van der Waals surface area contributed by atoms with Gasteiger partial charge in [0.15, 0.2) is 0 Å². The van der Waals surface area contributed by atoms with Crippen molar-refractivity contribution < 1.29 is 9.59 Å². The molecule has 0 spiro atoms. The average Bonchev–Trinajstić information content (AvgIpc) is 3.00. The number of likely N-dealkylation sites (tertiary alicyclic amines) is 1. The minimum atomic E-state index is -0.395. The molecule has 1 saturated heterocycles. The van der Waals surface area contributed by atoms with E-state index in [4.69, 9.17) is 5.73 Å². The van der Waals surface area contributed by atoms with Crippen LogP contribution in [0.1, 0.15) is 30.1 Å². The third-order valence-corrected chi connectivity index (χ3v) is 3.68. The largest absolute Gasteiger partial charge is 0.399 e. The molecule has 1 aliphatic rings. The van der Waals surface area contributed by atoms with Crippen LogP contribution in [0, 0.1) is 0 Å². The molecule has 1 unspecified atom stereocenters. The van der Waals surface area contributed by atoms with Crippen LogP contribution in [0.2, 0.25) is 0 Å². The van der Waals surface area contributed by atoms with Crippen LogP contribution < -0.4 is 16.4 Å². The van der Waals surface area contributed by atoms with Gasteiger partial charge < -0.3 is 21.3 Å². The number of benzene rings is 1. The molecule has 0 aliphatic carbocycles. The number of nitrogens with two attached hydrogens (primary N) is 1. The molecular formula is C15H22N4O2. The molecule has 6 heteroatoms. The van der Waals surface area contributed by atoms with Gasteiger partial charge >= 0.3 is 0 Å². The minimum absolute atomic E-state index is 0.0535. The van der Waals surface area contributed by atoms with E-state index in [1.165, 1.54) is 0 Å². The van der Waals surface area contributed by atoms with Gasteiger partial charge in [0.25, 0.3) is 5.91 Å². The van der Waals surface area contributed by atoms with E-state index in [0.29, 0.717) is 16.9 Å². The Kier molecular flexibility index (Phi) is 4.67. The zero-order valence-electron chi connectivity index (χ0n) is 12.5. The molecule has 0 radical (unpaired) electrons. The van der Waals surface area contributed by atoms with E-state index in [-0.39, 0.29) is 11.8 Å². The molecule has 1 heterocycles. The SMILES string of the molecule is CNC(=O)c1ccc(N)cc1NC(C)C(=O)N1CCCC1. The summed E-state index contributed by atoms with van der Waals surface area (Å²) in [5, 5.41) is 5.69. The lowest BCUT2D eigenvalue weighted by molar-refractivity contribution is -0.130. The summed E-state index contributed by atoms with van der Waals surface area (Å²) in [7, 11) is 1.57. The maximum absolute atomic E-state index is 12.3. The summed E-state index contributed by atoms with van der Waals surface area (Å²) >= 11 is 0. The molecule has 0 bridgehead atoms. The second-order valence-electron chi connectivity index (χ2n) is 5.28. The van der Waals surface area contributed by atoms with Crippen molar-refractivity contribution in [2.24, 2.45) is 0 Å². The summed E-state index contributed by atoms with van der Waals surface area (Å²) in [5.41, 5.74) is 7.38. The number of nitrogens with zero attached hydrogens (tertiary/aromatic N) is 1. The fourth-order valence-corrected chi connectivity index (χ4v) is 2.52. The van der Waals surface area contributed by atoms with Gasteiger partial charge in [-0.25, -0.2) is 0 Å². The fourth-order valence-electron chi connectivity index (χ4n) is 2.52. The van der Waals surface area contributed by atoms with E-state index >= 15 is 0 Å². The Balaban J connectivity index is 2.15. The van der Waals surface area contributed by atoms with Gasteiger partial charge in [-0.1, -0.05) is 0 Å². The predicted molar refractivity (Wildman–Crippen MR) is 83.1 cm³/mol. The number of rotatable bonds is 4. The highest BCUT2D eigenvalue weighted by Crippen LogP contribution is 2.21. The number of carbonyl (C=O) groups is 2. The second kappa shape index (κ2) is 6.47. The zero-order valence-corrected chi connectivity index (χ0v) is 12.5. The summed E-state index contributed by atoms with van der Waals surface area (Å²) in [6, 6.07) is 4.61. The Bertz CT molecular complexity index is 538. The lowest BCUT2D eigenvalue weighted by Gasteiger charge is -2.23. The van der Waals surface area contributed by atoms with Crippen LogP contribution in [0.3, 0.4) is 0 Å². The number of amides is 2. The number of hydrogen-bond donors (Lipinski definition) is 3. The molecular weight excluding hydrogens is 268 g/mol. The van der Waals surface area contributed by atoms with Crippen LogP contribution in [0.4, 0.5) is 11.4 Å². The van der Waals surface area contributed by atoms with Gasteiger partial charge in [-0.15, -0.1) is 0 Å². The molecule has 1 aromatic carbocycles. The van der Waals surface area contributed by atoms with E-state index in [0.717, 1.165) is 25.9 Å². The van der Waals surface area contributed by atoms with Crippen molar-refractivity contribution in [2.45, 2.75) is 25.8 Å². The van der Waals surface area contributed by atoms with E-state index in [2.05, 4.69) is 10.6 Å². The molecule has 0 saturated carbocycles. The van der Waals surface area contributed by atoms with Gasteiger partial charge in [-0.2, -0.15) is 0 Å². The second-order valence-corrected chi connectivity index (χ2v) is 5.28. The summed E-state index contributed by atoms with van der Waals surface area (Å²) < 4.78 is 0. The van der Waals surface area contributed by atoms with Crippen LogP contribution in [0.25, 0.3) is 0 Å². The third-order valence-electron chi connectivity index (χ3n) is 3.68. The van der Waals surface area contributed by atoms with Gasteiger partial charge in [0, 0.05) is 31.5 Å². The Morgan fingerprint density at radius 3 is 2.57 bits per heavy atom. The molecule has 21 heavy (non-hydrogen) atoms. The Hall–Kier alpha value is -2.24. The first-order valence-corrected chi connectivity index (χ1v) is 7.20. The molecule has 2 rings (SSSR count). The standard InChI is InChI=1S/C15H22N4O2/c1-10(15(21)19-7-3-4-8-19)18-13-9-11(16)5-6-12(13)14(20)17-2/h5-6,9-10,18H,3-4,7-8,16H2,1-2H3,(H,17,20). The van der Waals surface area contributed by atoms with Gasteiger partial charge in [-0.05, 0) is 38.0 Å². The zero-order chi connectivity index (χ0) is 15.4. The van der Waals surface area contributed by atoms with Crippen molar-refractivity contribution in [3.8, 4) is 0 Å². The van der Waals surface area contributed by atoms with Gasteiger partial charge in [0.2, 0.25) is 5.91 Å². The van der Waals surface area contributed by atoms with Crippen LogP contribution in [0.15, 0.2) is 18.2 Å². The Morgan fingerprint density at radius 2 is 1.95 bits per heavy atom. The summed E-state index contributed by atoms with van der Waals surface area (Å²) in [5.74, 6) is -0.156. The first-order chi connectivity index (χ1) is 10.0. The summed E-state index contributed by atoms with van der Waals surface area (Å²) in [4.78, 5) is 26.0. The smallest absolute Gasteiger partial charge is 0.253 e. The molecule has 1 atom stereocenters. The predicted octanol–water partition coefficient (Wildman–Crippen LogP) is 1.05. The van der Waals surface area contributed by atoms with Gasteiger partial charge in [0.05, 0.1) is 5.56 Å². The first-order valence-electron chi connectivity index (χ1n) is 7.20. The molecule has 6 nitrogen and oxygen atoms in total. The lowest BCUT2D eigenvalue weighted by atomic mass is 10.1. The molecule has 1 fully saturated rings. The van der Waals surface area contributed by atoms with Crippen molar-refractivity contribution in [3.63, 3.8) is 0 Å². The van der Waals surface area contributed by atoms with Crippen molar-refractivity contribution in [3.05, 3.63) is 23.8 Å². The number of anilines is 2. The highest BCUT2D eigenvalue weighted by molar-refractivity contribution is 6.00. The molecule has 114 valence electrons. The topological polar surface area (TPSA) is 87.5 Å². The van der Waals surface area contributed by atoms with Gasteiger partial charge in [-0.3, -0.25) is 9.59 Å². The number of hydrogen-bond acceptors (Lipinski definition) is 4. The van der Waals surface area contributed by atoms with Crippen molar-refractivity contribution in [1.29, 1.82) is 0 Å². The van der Waals surface area contributed by atoms with Crippen LogP contribution in [-0.2, 0) is 4.79 Å². The van der Waals surface area contributed by atoms with Crippen LogP contribution >= 0.6 is 0 Å². The maximum Gasteiger partial charge on any atom is 0.253 e. The third kappa shape index (κ3) is 3.45. The van der Waals surface area contributed by atoms with E-state index in [9.17, 15) is 9.59 Å². The highest BCUT2D eigenvalue weighted by atomic mass is 16.2. The van der Waals surface area contributed by atoms with E-state index in [1.807, 2.05) is 4.90 Å². The Morgan fingerprint density at radius 1 is 1.29 bits per heavy atom. The van der Waals surface area contributed by atoms with E-state index in [1.54, 1.807) is 32.2 Å². The summed E-state index contributed by atoms with van der Waals surface area (Å²) in [6.07, 6.45) is 2.11. The van der Waals surface area contributed by atoms with Crippen LogP contribution in [0.5, 0.6) is 0 Å². The Labute approximate surface area is 124 Å². The number of nitrogens with one attached hydrogen (secondary N) is 2. The highest BCUT2D eigenvalue weighted by Gasteiger charge is 2.24. The van der Waals surface area contributed by atoms with E-state index < -0.39 is 6.04 Å². The normalized spacial score (nSPS) is 15.6. The molecule has 1 aromatic rings. The van der Waals surface area contributed by atoms with Crippen molar-refractivity contribution in [1.82, 2.24) is 10.2 Å². The van der Waals surface area contributed by atoms with Crippen molar-refractivity contribution >= 4 is 23.2 Å². The van der Waals surface area contributed by atoms with Crippen LogP contribution in [-0.4, -0.2) is 42.9 Å². The average molecular weight is 290 g/mol. The number of carbonyl (C=O) groups excluding carboxylic acids is 2. The number of nitrogen functional groups attached to an aromatic ring is 1. The molecule has 1 aliphatic heterocycles. The first kappa shape index (κ1) is 15.2. The minimum Gasteiger partial charge on any atom is -0.399 e. The quantitative estimate of drug-likeness (QED) is 0.723. The van der Waals surface area contributed by atoms with Crippen molar-refractivity contribution in [2.75, 3.05) is 31.2 Å². The molecule has 2 amide bonds. The maximum atomic E-state index is 12.3. The fraction of sp³-hybridized carbons (Fsp3) is 0.467. The van der Waals surface area contributed by atoms with Gasteiger partial charge in [0.1, 0.15) is 6.04 Å². The monoisotopic (exact) mass is 290 g/mol. The lowest BCUT2D eigenvalue weighted by Crippen LogP contribution is -2.40. The molecule has 4 N–H and O–H groups in total. The summed E-state index contributed by atoms with van der Waals surface area (Å²) in [6.45, 7) is 3.42. The molecule has 0 aromatic heterocycles.